The number of thiazole rings is 1. The number of nitrogens with one attached hydrogen (secondary N) is 2. The molecular formula is C25H27N5O2S2. The fourth-order valence-electron chi connectivity index (χ4n) is 3.62. The normalized spacial score (nSPS) is 11.0. The molecule has 0 atom stereocenters. The van der Waals surface area contributed by atoms with E-state index in [1.54, 1.807) is 0 Å². The predicted molar refractivity (Wildman–Crippen MR) is 139 cm³/mol. The molecule has 2 heterocycles. The molecule has 176 valence electrons. The molecule has 0 saturated carbocycles. The van der Waals surface area contributed by atoms with Crippen LogP contribution in [-0.4, -0.2) is 38.6 Å². The minimum absolute atomic E-state index is 0.00108. The fraction of sp³-hybridized carbons (Fsp3) is 0.280. The molecule has 0 radical (unpaired) electrons. The molecule has 4 rings (SSSR count). The van der Waals surface area contributed by atoms with Gasteiger partial charge in [0.15, 0.2) is 10.3 Å². The van der Waals surface area contributed by atoms with E-state index in [-0.39, 0.29) is 17.6 Å². The molecule has 0 unspecified atom stereocenters. The van der Waals surface area contributed by atoms with Crippen molar-refractivity contribution in [3.8, 4) is 11.3 Å². The lowest BCUT2D eigenvalue weighted by molar-refractivity contribution is -0.119. The molecular weight excluding hydrogens is 466 g/mol. The number of nitrogens with zero attached hydrogens (tertiary/aromatic N) is 3. The van der Waals surface area contributed by atoms with Crippen molar-refractivity contribution >= 4 is 51.1 Å². The average molecular weight is 494 g/mol. The predicted octanol–water partition coefficient (Wildman–Crippen LogP) is 4.98. The third-order valence-corrected chi connectivity index (χ3v) is 7.02. The molecule has 4 aromatic rings. The highest BCUT2D eigenvalue weighted by Crippen LogP contribution is 2.27. The van der Waals surface area contributed by atoms with Gasteiger partial charge in [0.05, 0.1) is 22.5 Å². The zero-order chi connectivity index (χ0) is 23.9. The highest BCUT2D eigenvalue weighted by atomic mass is 32.2. The molecule has 0 aliphatic heterocycles. The first-order valence-electron chi connectivity index (χ1n) is 11.2. The van der Waals surface area contributed by atoms with Crippen LogP contribution in [0.15, 0.2) is 59.1 Å². The number of benzene rings is 2. The number of rotatable bonds is 10. The maximum atomic E-state index is 12.5. The van der Waals surface area contributed by atoms with E-state index in [2.05, 4.69) is 44.2 Å². The van der Waals surface area contributed by atoms with E-state index >= 15 is 0 Å². The molecule has 0 saturated heterocycles. The largest absolute Gasteiger partial charge is 0.356 e. The molecule has 2 aromatic carbocycles. The summed E-state index contributed by atoms with van der Waals surface area (Å²) in [6, 6.07) is 16.2. The maximum absolute atomic E-state index is 12.5. The van der Waals surface area contributed by atoms with Crippen molar-refractivity contribution in [2.24, 2.45) is 0 Å². The molecule has 2 aromatic heterocycles. The third kappa shape index (κ3) is 6.03. The monoisotopic (exact) mass is 493 g/mol. The summed E-state index contributed by atoms with van der Waals surface area (Å²) in [5.41, 5.74) is 5.08. The molecule has 0 aliphatic rings. The van der Waals surface area contributed by atoms with Crippen molar-refractivity contribution in [2.75, 3.05) is 17.6 Å². The van der Waals surface area contributed by atoms with Crippen molar-refractivity contribution in [3.63, 3.8) is 0 Å². The van der Waals surface area contributed by atoms with Crippen LogP contribution in [0.5, 0.6) is 0 Å². The second kappa shape index (κ2) is 11.3. The Hall–Kier alpha value is -3.17. The van der Waals surface area contributed by atoms with Crippen LogP contribution in [0.2, 0.25) is 0 Å². The molecule has 7 nitrogen and oxygen atoms in total. The van der Waals surface area contributed by atoms with E-state index in [9.17, 15) is 9.59 Å². The first kappa shape index (κ1) is 24.0. The van der Waals surface area contributed by atoms with Gasteiger partial charge in [-0.15, -0.1) is 11.3 Å². The number of para-hydroxylation sites is 2. The summed E-state index contributed by atoms with van der Waals surface area (Å²) in [6.07, 6.45) is 1.81. The third-order valence-electron chi connectivity index (χ3n) is 5.28. The maximum Gasteiger partial charge on any atom is 0.236 e. The van der Waals surface area contributed by atoms with E-state index in [0.29, 0.717) is 11.7 Å². The summed E-state index contributed by atoms with van der Waals surface area (Å²) < 4.78 is 2.12. The number of carbonyl (C=O) groups excluding carboxylic acids is 2. The SMILES string of the molecule is CCn1c(SCC(=O)Nc2nc(-c3ccc(CCCNC(C)=O)cc3)cs2)nc2ccccc21. The van der Waals surface area contributed by atoms with Crippen LogP contribution in [0.4, 0.5) is 5.13 Å². The lowest BCUT2D eigenvalue weighted by atomic mass is 10.1. The van der Waals surface area contributed by atoms with Crippen molar-refractivity contribution in [1.29, 1.82) is 0 Å². The number of carbonyl (C=O) groups is 2. The zero-order valence-electron chi connectivity index (χ0n) is 19.2. The molecule has 2 N–H and O–H groups in total. The molecule has 0 bridgehead atoms. The first-order chi connectivity index (χ1) is 16.5. The van der Waals surface area contributed by atoms with Gasteiger partial charge in [0.1, 0.15) is 0 Å². The molecule has 0 spiro atoms. The number of hydrogen-bond donors (Lipinski definition) is 2. The molecule has 0 aliphatic carbocycles. The van der Waals surface area contributed by atoms with Gasteiger partial charge in [-0.05, 0) is 37.5 Å². The van der Waals surface area contributed by atoms with E-state index < -0.39 is 0 Å². The Bertz CT molecular complexity index is 1280. The number of aromatic nitrogens is 3. The Balaban J connectivity index is 1.30. The summed E-state index contributed by atoms with van der Waals surface area (Å²) in [7, 11) is 0. The van der Waals surface area contributed by atoms with Gasteiger partial charge in [0.2, 0.25) is 11.8 Å². The summed E-state index contributed by atoms with van der Waals surface area (Å²) >= 11 is 2.85. The van der Waals surface area contributed by atoms with E-state index in [1.165, 1.54) is 35.6 Å². The Labute approximate surface area is 207 Å². The van der Waals surface area contributed by atoms with Crippen LogP contribution < -0.4 is 10.6 Å². The van der Waals surface area contributed by atoms with Gasteiger partial charge < -0.3 is 15.2 Å². The zero-order valence-corrected chi connectivity index (χ0v) is 20.8. The van der Waals surface area contributed by atoms with E-state index in [4.69, 9.17) is 0 Å². The van der Waals surface area contributed by atoms with Crippen LogP contribution in [0, 0.1) is 0 Å². The van der Waals surface area contributed by atoms with Gasteiger partial charge in [0.25, 0.3) is 0 Å². The lowest BCUT2D eigenvalue weighted by Gasteiger charge is -2.05. The van der Waals surface area contributed by atoms with Crippen LogP contribution in [0.3, 0.4) is 0 Å². The minimum atomic E-state index is -0.102. The van der Waals surface area contributed by atoms with Crippen LogP contribution in [0.25, 0.3) is 22.3 Å². The summed E-state index contributed by atoms with van der Waals surface area (Å²) in [5, 5.41) is 9.10. The van der Waals surface area contributed by atoms with Crippen molar-refractivity contribution in [3.05, 3.63) is 59.5 Å². The Kier molecular flexibility index (Phi) is 7.97. The van der Waals surface area contributed by atoms with Crippen LogP contribution in [0.1, 0.15) is 25.8 Å². The minimum Gasteiger partial charge on any atom is -0.356 e. The number of aryl methyl sites for hydroxylation is 2. The average Bonchev–Trinajstić information content (AvgIpc) is 3.45. The Morgan fingerprint density at radius 3 is 2.65 bits per heavy atom. The van der Waals surface area contributed by atoms with Gasteiger partial charge in [0, 0.05) is 31.0 Å². The number of fused-ring (bicyclic) bond motifs is 1. The fourth-order valence-corrected chi connectivity index (χ4v) is 5.23. The number of hydrogen-bond acceptors (Lipinski definition) is 6. The van der Waals surface area contributed by atoms with Gasteiger partial charge in [-0.25, -0.2) is 9.97 Å². The van der Waals surface area contributed by atoms with Crippen LogP contribution >= 0.6 is 23.1 Å². The Morgan fingerprint density at radius 2 is 1.88 bits per heavy atom. The molecule has 2 amide bonds. The first-order valence-corrected chi connectivity index (χ1v) is 13.1. The van der Waals surface area contributed by atoms with Gasteiger partial charge in [-0.1, -0.05) is 48.2 Å². The van der Waals surface area contributed by atoms with Crippen molar-refractivity contribution < 1.29 is 9.59 Å². The molecule has 34 heavy (non-hydrogen) atoms. The van der Waals surface area contributed by atoms with E-state index in [1.807, 2.05) is 41.8 Å². The quantitative estimate of drug-likeness (QED) is 0.240. The van der Waals surface area contributed by atoms with Gasteiger partial charge in [-0.2, -0.15) is 0 Å². The highest BCUT2D eigenvalue weighted by Gasteiger charge is 2.13. The molecule has 9 heteroatoms. The van der Waals surface area contributed by atoms with Gasteiger partial charge >= 0.3 is 0 Å². The second-order valence-electron chi connectivity index (χ2n) is 7.79. The smallest absolute Gasteiger partial charge is 0.236 e. The Morgan fingerprint density at radius 1 is 1.09 bits per heavy atom. The summed E-state index contributed by atoms with van der Waals surface area (Å²) in [6.45, 7) is 5.09. The lowest BCUT2D eigenvalue weighted by Crippen LogP contribution is -2.21. The topological polar surface area (TPSA) is 88.9 Å². The number of amides is 2. The number of thioether (sulfide) groups is 1. The number of anilines is 1. The van der Waals surface area contributed by atoms with Crippen molar-refractivity contribution in [1.82, 2.24) is 19.9 Å². The summed E-state index contributed by atoms with van der Waals surface area (Å²) in [5.74, 6) is 0.169. The van der Waals surface area contributed by atoms with E-state index in [0.717, 1.165) is 46.8 Å². The number of imidazole rings is 1. The summed E-state index contributed by atoms with van der Waals surface area (Å²) in [4.78, 5) is 32.7. The van der Waals surface area contributed by atoms with Crippen molar-refractivity contribution in [2.45, 2.75) is 38.4 Å². The second-order valence-corrected chi connectivity index (χ2v) is 9.59. The molecule has 0 fully saturated rings. The standard InChI is InChI=1S/C25H27N5O2S2/c1-3-30-22-9-5-4-8-20(22)28-25(30)34-16-23(32)29-24-27-21(15-33-24)19-12-10-18(11-13-19)7-6-14-26-17(2)31/h4-5,8-13,15H,3,6-7,14,16H2,1-2H3,(H,26,31)(H,27,29,32). The van der Waals surface area contributed by atoms with Gasteiger partial charge in [-0.3, -0.25) is 9.59 Å². The highest BCUT2D eigenvalue weighted by molar-refractivity contribution is 7.99. The van der Waals surface area contributed by atoms with Crippen LogP contribution in [-0.2, 0) is 22.6 Å².